The first-order valence-corrected chi connectivity index (χ1v) is 6.43. The number of hydrogen-bond acceptors (Lipinski definition) is 7. The lowest BCUT2D eigenvalue weighted by atomic mass is 10.5. The van der Waals surface area contributed by atoms with Crippen LogP contribution in [-0.2, 0) is 22.7 Å². The van der Waals surface area contributed by atoms with Crippen molar-refractivity contribution >= 4 is 22.7 Å². The first-order chi connectivity index (χ1) is 6.85. The van der Waals surface area contributed by atoms with Gasteiger partial charge in [0.25, 0.3) is 10.1 Å². The standard InChI is InChI=1S/C6H15N3O4S2/c1-5-8(4-15(11,12)13)6(14)7-9(5)2-3-10/h5-7,10,14H,2-4H2,1H3,(H,11,12,13)/p-1. The van der Waals surface area contributed by atoms with Crippen LogP contribution in [0.2, 0.25) is 0 Å². The highest BCUT2D eigenvalue weighted by Gasteiger charge is 2.31. The molecular formula is C6H14N3O4S2-. The molecule has 1 fully saturated rings. The van der Waals surface area contributed by atoms with Gasteiger partial charge in [0.2, 0.25) is 0 Å². The van der Waals surface area contributed by atoms with E-state index in [0.29, 0.717) is 6.54 Å². The van der Waals surface area contributed by atoms with Crippen molar-refractivity contribution in [1.82, 2.24) is 15.3 Å². The molecule has 2 atom stereocenters. The molecule has 90 valence electrons. The van der Waals surface area contributed by atoms with Crippen molar-refractivity contribution in [3.63, 3.8) is 0 Å². The fourth-order valence-corrected chi connectivity index (χ4v) is 2.64. The molecular weight excluding hydrogens is 242 g/mol. The summed E-state index contributed by atoms with van der Waals surface area (Å²) in [6, 6.07) is 0. The fourth-order valence-electron chi connectivity index (χ4n) is 1.42. The van der Waals surface area contributed by atoms with Crippen molar-refractivity contribution in [2.45, 2.75) is 18.6 Å². The van der Waals surface area contributed by atoms with E-state index >= 15 is 0 Å². The highest BCUT2D eigenvalue weighted by Crippen LogP contribution is 2.15. The molecule has 1 heterocycles. The van der Waals surface area contributed by atoms with E-state index in [4.69, 9.17) is 22.3 Å². The Kier molecular flexibility index (Phi) is 4.35. The molecule has 0 aromatic heterocycles. The molecule has 9 heteroatoms. The lowest BCUT2D eigenvalue weighted by Gasteiger charge is -2.29. The third kappa shape index (κ3) is 3.55. The third-order valence-corrected chi connectivity index (χ3v) is 3.16. The summed E-state index contributed by atoms with van der Waals surface area (Å²) >= 11 is 4.98. The molecule has 1 aliphatic heterocycles. The lowest BCUT2D eigenvalue weighted by Crippen LogP contribution is -2.41. The van der Waals surface area contributed by atoms with E-state index in [1.165, 1.54) is 4.90 Å². The molecule has 0 aliphatic carbocycles. The molecule has 0 saturated carbocycles. The van der Waals surface area contributed by atoms with Gasteiger partial charge in [-0.05, 0) is 12.4 Å². The Labute approximate surface area is 94.2 Å². The van der Waals surface area contributed by atoms with Crippen molar-refractivity contribution in [2.75, 3.05) is 19.0 Å². The molecule has 3 N–H and O–H groups in total. The largest absolute Gasteiger partial charge is 0.757 e. The maximum atomic E-state index is 10.7. The Balaban J connectivity index is 2.66. The van der Waals surface area contributed by atoms with Gasteiger partial charge in [-0.3, -0.25) is 14.9 Å². The maximum absolute atomic E-state index is 10.7. The number of nitrogens with one attached hydrogen (secondary N) is 1. The van der Waals surface area contributed by atoms with E-state index in [2.05, 4.69) is 5.43 Å². The summed E-state index contributed by atoms with van der Waals surface area (Å²) in [6.45, 7) is 2.02. The van der Waals surface area contributed by atoms with Crippen LogP contribution in [0.25, 0.3) is 0 Å². The zero-order chi connectivity index (χ0) is 11.6. The van der Waals surface area contributed by atoms with Crippen molar-refractivity contribution in [3.05, 3.63) is 0 Å². The van der Waals surface area contributed by atoms with Gasteiger partial charge in [0.15, 0.2) is 0 Å². The molecule has 2 unspecified atom stereocenters. The van der Waals surface area contributed by atoms with E-state index in [-0.39, 0.29) is 12.8 Å². The van der Waals surface area contributed by atoms with Gasteiger partial charge in [-0.15, -0.1) is 0 Å². The van der Waals surface area contributed by atoms with Crippen LogP contribution in [0.1, 0.15) is 6.92 Å². The van der Waals surface area contributed by atoms with E-state index in [0.717, 1.165) is 0 Å². The molecule has 1 saturated heterocycles. The number of rotatable bonds is 4. The highest BCUT2D eigenvalue weighted by molar-refractivity contribution is 7.85. The molecule has 0 spiro atoms. The second-order valence-corrected chi connectivity index (χ2v) is 5.12. The number of hydrogen-bond donors (Lipinski definition) is 3. The average Bonchev–Trinajstić information content (AvgIpc) is 2.32. The minimum Gasteiger partial charge on any atom is -0.757 e. The fraction of sp³-hybridized carbons (Fsp3) is 1.00. The third-order valence-electron chi connectivity index (χ3n) is 2.16. The van der Waals surface area contributed by atoms with Crippen LogP contribution in [0, 0.1) is 0 Å². The number of hydrazine groups is 1. The number of aliphatic hydroxyl groups excluding tert-OH is 1. The molecule has 15 heavy (non-hydrogen) atoms. The van der Waals surface area contributed by atoms with Crippen LogP contribution >= 0.6 is 0 Å². The SMILES string of the molecule is CC1N(CCO)NC([S-])N1CS(=O)(=O)O. The number of nitrogens with zero attached hydrogens (tertiary/aromatic N) is 2. The predicted octanol–water partition coefficient (Wildman–Crippen LogP) is -1.88. The zero-order valence-corrected chi connectivity index (χ0v) is 9.83. The molecule has 1 aliphatic rings. The van der Waals surface area contributed by atoms with Crippen molar-refractivity contribution < 1.29 is 18.1 Å². The average molecular weight is 256 g/mol. The Morgan fingerprint density at radius 2 is 2.13 bits per heavy atom. The molecule has 7 nitrogen and oxygen atoms in total. The van der Waals surface area contributed by atoms with E-state index in [9.17, 15) is 8.42 Å². The summed E-state index contributed by atoms with van der Waals surface area (Å²) in [5.41, 5.74) is 2.21. The van der Waals surface area contributed by atoms with Gasteiger partial charge < -0.3 is 17.7 Å². The van der Waals surface area contributed by atoms with Gasteiger partial charge in [-0.2, -0.15) is 8.42 Å². The van der Waals surface area contributed by atoms with Crippen LogP contribution in [0.4, 0.5) is 0 Å². The minimum absolute atomic E-state index is 0.0564. The molecule has 0 radical (unpaired) electrons. The minimum atomic E-state index is -4.08. The Bertz CT molecular complexity index is 309. The quantitative estimate of drug-likeness (QED) is 0.398. The first kappa shape index (κ1) is 13.2. The second-order valence-electron chi connectivity index (χ2n) is 3.26. The summed E-state index contributed by atoms with van der Waals surface area (Å²) < 4.78 is 30.1. The van der Waals surface area contributed by atoms with Crippen molar-refractivity contribution in [3.8, 4) is 0 Å². The smallest absolute Gasteiger partial charge is 0.278 e. The lowest BCUT2D eigenvalue weighted by molar-refractivity contribution is 0.113. The van der Waals surface area contributed by atoms with E-state index < -0.39 is 21.5 Å². The Morgan fingerprint density at radius 3 is 2.60 bits per heavy atom. The summed E-state index contributed by atoms with van der Waals surface area (Å²) in [6.07, 6.45) is -0.290. The van der Waals surface area contributed by atoms with Gasteiger partial charge in [0, 0.05) is 6.54 Å². The topological polar surface area (TPSA) is 93.1 Å². The van der Waals surface area contributed by atoms with Gasteiger partial charge in [0.1, 0.15) is 5.88 Å². The second kappa shape index (κ2) is 4.95. The summed E-state index contributed by atoms with van der Waals surface area (Å²) in [4.78, 5) is 1.40. The summed E-state index contributed by atoms with van der Waals surface area (Å²) in [7, 11) is -4.08. The molecule has 1 rings (SSSR count). The summed E-state index contributed by atoms with van der Waals surface area (Å²) in [5.74, 6) is -0.517. The predicted molar refractivity (Wildman–Crippen MR) is 55.8 cm³/mol. The highest BCUT2D eigenvalue weighted by atomic mass is 32.2. The molecule has 0 amide bonds. The Morgan fingerprint density at radius 1 is 1.53 bits per heavy atom. The molecule has 0 aromatic carbocycles. The van der Waals surface area contributed by atoms with Gasteiger partial charge in [-0.25, -0.2) is 5.01 Å². The molecule has 0 aromatic rings. The zero-order valence-electron chi connectivity index (χ0n) is 8.20. The van der Waals surface area contributed by atoms with Crippen molar-refractivity contribution in [1.29, 1.82) is 0 Å². The van der Waals surface area contributed by atoms with Gasteiger partial charge in [-0.1, -0.05) is 0 Å². The van der Waals surface area contributed by atoms with E-state index in [1.807, 2.05) is 0 Å². The maximum Gasteiger partial charge on any atom is 0.278 e. The normalized spacial score (nSPS) is 29.9. The molecule has 0 bridgehead atoms. The van der Waals surface area contributed by atoms with Crippen LogP contribution < -0.4 is 5.43 Å². The van der Waals surface area contributed by atoms with Crippen LogP contribution in [0.15, 0.2) is 0 Å². The summed E-state index contributed by atoms with van der Waals surface area (Å²) in [5, 5.41) is 10.4. The number of β-amino-alcohol motifs (C(OH)–C–C–N with tert-alkyl or cyclic N) is 1. The monoisotopic (exact) mass is 256 g/mol. The van der Waals surface area contributed by atoms with Crippen LogP contribution in [0.5, 0.6) is 0 Å². The Hall–Kier alpha value is 0.1000. The van der Waals surface area contributed by atoms with E-state index in [1.54, 1.807) is 11.9 Å². The van der Waals surface area contributed by atoms with Crippen molar-refractivity contribution in [2.24, 2.45) is 0 Å². The van der Waals surface area contributed by atoms with Crippen LogP contribution in [-0.4, -0.2) is 58.7 Å². The van der Waals surface area contributed by atoms with Gasteiger partial charge >= 0.3 is 0 Å². The van der Waals surface area contributed by atoms with Crippen LogP contribution in [0.3, 0.4) is 0 Å². The number of aliphatic hydroxyl groups is 1. The van der Waals surface area contributed by atoms with Gasteiger partial charge in [0.05, 0.1) is 12.8 Å². The first-order valence-electron chi connectivity index (χ1n) is 4.35.